The Morgan fingerprint density at radius 2 is 2.15 bits per heavy atom. The second-order valence-corrected chi connectivity index (χ2v) is 7.27. The zero-order chi connectivity index (χ0) is 18.1. The van der Waals surface area contributed by atoms with E-state index in [1.165, 1.54) is 22.9 Å². The molecule has 3 nitrogen and oxygen atoms in total. The molecule has 0 spiro atoms. The quantitative estimate of drug-likeness (QED) is 0.727. The van der Waals surface area contributed by atoms with Gasteiger partial charge in [-0.3, -0.25) is 4.79 Å². The Labute approximate surface area is 152 Å². The van der Waals surface area contributed by atoms with Gasteiger partial charge in [0.1, 0.15) is 5.82 Å². The lowest BCUT2D eigenvalue weighted by Crippen LogP contribution is -2.38. The molecule has 1 heterocycles. The molecule has 0 saturated heterocycles. The van der Waals surface area contributed by atoms with E-state index in [0.717, 1.165) is 42.1 Å². The van der Waals surface area contributed by atoms with Crippen LogP contribution >= 0.6 is 0 Å². The average Bonchev–Trinajstić information content (AvgIpc) is 2.97. The van der Waals surface area contributed by atoms with Gasteiger partial charge in [0.05, 0.1) is 0 Å². The number of hydrogen-bond acceptors (Lipinski definition) is 1. The van der Waals surface area contributed by atoms with E-state index in [4.69, 9.17) is 0 Å². The molecule has 4 heteroatoms. The van der Waals surface area contributed by atoms with Crippen LogP contribution in [0.15, 0.2) is 42.5 Å². The van der Waals surface area contributed by atoms with E-state index in [-0.39, 0.29) is 17.8 Å². The number of halogens is 1. The van der Waals surface area contributed by atoms with Gasteiger partial charge in [-0.2, -0.15) is 0 Å². The Morgan fingerprint density at radius 1 is 1.27 bits per heavy atom. The molecule has 1 atom stereocenters. The van der Waals surface area contributed by atoms with Crippen molar-refractivity contribution in [1.29, 1.82) is 0 Å². The third kappa shape index (κ3) is 3.50. The van der Waals surface area contributed by atoms with Crippen molar-refractivity contribution in [2.75, 3.05) is 0 Å². The van der Waals surface area contributed by atoms with Gasteiger partial charge in [-0.15, -0.1) is 0 Å². The molecule has 1 aromatic heterocycles. The fourth-order valence-corrected chi connectivity index (χ4v) is 3.94. The molecular formula is C22H23FN2O. The third-order valence-electron chi connectivity index (χ3n) is 5.24. The first-order valence-electron chi connectivity index (χ1n) is 9.22. The van der Waals surface area contributed by atoms with E-state index in [2.05, 4.69) is 35.4 Å². The predicted molar refractivity (Wildman–Crippen MR) is 102 cm³/mol. The minimum Gasteiger partial charge on any atom is -0.358 e. The first-order chi connectivity index (χ1) is 12.6. The van der Waals surface area contributed by atoms with Gasteiger partial charge in [-0.1, -0.05) is 29.8 Å². The largest absolute Gasteiger partial charge is 0.358 e. The molecule has 2 aromatic carbocycles. The Balaban J connectivity index is 1.40. The molecule has 0 bridgehead atoms. The summed E-state index contributed by atoms with van der Waals surface area (Å²) in [6.07, 6.45) is 3.81. The van der Waals surface area contributed by atoms with Gasteiger partial charge < -0.3 is 10.3 Å². The number of benzene rings is 2. The molecule has 1 aliphatic rings. The van der Waals surface area contributed by atoms with Crippen LogP contribution in [0.2, 0.25) is 0 Å². The molecule has 0 saturated carbocycles. The highest BCUT2D eigenvalue weighted by atomic mass is 19.1. The van der Waals surface area contributed by atoms with Crippen molar-refractivity contribution in [3.05, 3.63) is 70.7 Å². The van der Waals surface area contributed by atoms with Crippen molar-refractivity contribution in [3.63, 3.8) is 0 Å². The van der Waals surface area contributed by atoms with Crippen LogP contribution in [0.25, 0.3) is 10.9 Å². The van der Waals surface area contributed by atoms with Gasteiger partial charge in [0.15, 0.2) is 0 Å². The number of aromatic nitrogens is 1. The number of rotatable bonds is 4. The van der Waals surface area contributed by atoms with Crippen LogP contribution in [0.3, 0.4) is 0 Å². The summed E-state index contributed by atoms with van der Waals surface area (Å²) >= 11 is 0. The molecule has 26 heavy (non-hydrogen) atoms. The highest BCUT2D eigenvalue weighted by Crippen LogP contribution is 2.29. The minimum absolute atomic E-state index is 0.0889. The Hall–Kier alpha value is -2.62. The van der Waals surface area contributed by atoms with E-state index >= 15 is 0 Å². The second kappa shape index (κ2) is 6.94. The minimum atomic E-state index is -0.219. The standard InChI is InChI=1S/C22H23FN2O/c1-14-3-2-4-15(11-14)5-10-22(26)24-17-7-9-21-19(13-17)18-12-16(23)6-8-20(18)25-21/h2-4,6,8,11-12,17,25H,5,7,9-10,13H2,1H3,(H,24,26). The topological polar surface area (TPSA) is 44.9 Å². The Bertz CT molecular complexity index is 960. The van der Waals surface area contributed by atoms with Crippen LogP contribution in [0.4, 0.5) is 4.39 Å². The maximum absolute atomic E-state index is 13.6. The van der Waals surface area contributed by atoms with Crippen LogP contribution in [0.1, 0.15) is 35.2 Å². The average molecular weight is 350 g/mol. The smallest absolute Gasteiger partial charge is 0.220 e. The Morgan fingerprint density at radius 3 is 3.00 bits per heavy atom. The summed E-state index contributed by atoms with van der Waals surface area (Å²) in [5, 5.41) is 4.11. The normalized spacial score (nSPS) is 16.5. The molecular weight excluding hydrogens is 327 g/mol. The third-order valence-corrected chi connectivity index (χ3v) is 5.24. The zero-order valence-electron chi connectivity index (χ0n) is 14.9. The fraction of sp³-hybridized carbons (Fsp3) is 0.318. The molecule has 0 fully saturated rings. The van der Waals surface area contributed by atoms with Gasteiger partial charge in [0, 0.05) is 29.1 Å². The van der Waals surface area contributed by atoms with Crippen LogP contribution in [-0.4, -0.2) is 16.9 Å². The van der Waals surface area contributed by atoms with Crippen LogP contribution in [-0.2, 0) is 24.1 Å². The maximum Gasteiger partial charge on any atom is 0.220 e. The molecule has 1 amide bonds. The van der Waals surface area contributed by atoms with E-state index in [0.29, 0.717) is 6.42 Å². The van der Waals surface area contributed by atoms with Crippen molar-refractivity contribution in [3.8, 4) is 0 Å². The molecule has 3 aromatic rings. The number of hydrogen-bond donors (Lipinski definition) is 2. The summed E-state index contributed by atoms with van der Waals surface area (Å²) in [4.78, 5) is 15.7. The van der Waals surface area contributed by atoms with Gasteiger partial charge in [0.2, 0.25) is 5.91 Å². The van der Waals surface area contributed by atoms with Gasteiger partial charge in [0.25, 0.3) is 0 Å². The first-order valence-corrected chi connectivity index (χ1v) is 9.22. The summed E-state index contributed by atoms with van der Waals surface area (Å²) < 4.78 is 13.6. The van der Waals surface area contributed by atoms with E-state index in [1.54, 1.807) is 12.1 Å². The van der Waals surface area contributed by atoms with Crippen molar-refractivity contribution in [2.45, 2.75) is 45.1 Å². The second-order valence-electron chi connectivity index (χ2n) is 7.27. The highest BCUT2D eigenvalue weighted by Gasteiger charge is 2.23. The number of amides is 1. The van der Waals surface area contributed by atoms with Crippen molar-refractivity contribution >= 4 is 16.8 Å². The lowest BCUT2D eigenvalue weighted by molar-refractivity contribution is -0.121. The lowest BCUT2D eigenvalue weighted by Gasteiger charge is -2.23. The number of aryl methyl sites for hydroxylation is 3. The molecule has 0 aliphatic heterocycles. The molecule has 4 rings (SSSR count). The van der Waals surface area contributed by atoms with Gasteiger partial charge >= 0.3 is 0 Å². The maximum atomic E-state index is 13.6. The van der Waals surface area contributed by atoms with Crippen LogP contribution in [0, 0.1) is 12.7 Å². The van der Waals surface area contributed by atoms with Crippen molar-refractivity contribution in [1.82, 2.24) is 10.3 Å². The number of carbonyl (C=O) groups is 1. The Kier molecular flexibility index (Phi) is 4.49. The summed E-state index contributed by atoms with van der Waals surface area (Å²) in [7, 11) is 0. The summed E-state index contributed by atoms with van der Waals surface area (Å²) in [6.45, 7) is 2.06. The lowest BCUT2D eigenvalue weighted by atomic mass is 9.91. The SMILES string of the molecule is Cc1cccc(CCC(=O)NC2CCc3[nH]c4ccc(F)cc4c3C2)c1. The molecule has 2 N–H and O–H groups in total. The van der Waals surface area contributed by atoms with E-state index < -0.39 is 0 Å². The van der Waals surface area contributed by atoms with Crippen molar-refractivity contribution < 1.29 is 9.18 Å². The van der Waals surface area contributed by atoms with Gasteiger partial charge in [-0.25, -0.2) is 4.39 Å². The molecule has 0 radical (unpaired) electrons. The summed E-state index contributed by atoms with van der Waals surface area (Å²) in [5.74, 6) is -0.130. The van der Waals surface area contributed by atoms with E-state index in [1.807, 2.05) is 6.07 Å². The number of carbonyl (C=O) groups excluding carboxylic acids is 1. The molecule has 1 unspecified atom stereocenters. The van der Waals surface area contributed by atoms with Crippen LogP contribution in [0.5, 0.6) is 0 Å². The fourth-order valence-electron chi connectivity index (χ4n) is 3.94. The number of nitrogens with one attached hydrogen (secondary N) is 2. The summed E-state index contributed by atoms with van der Waals surface area (Å²) in [5.41, 5.74) is 5.71. The number of fused-ring (bicyclic) bond motifs is 3. The molecule has 1 aliphatic carbocycles. The first kappa shape index (κ1) is 16.8. The predicted octanol–water partition coefficient (Wildman–Crippen LogP) is 4.22. The van der Waals surface area contributed by atoms with E-state index in [9.17, 15) is 9.18 Å². The highest BCUT2D eigenvalue weighted by molar-refractivity contribution is 5.85. The zero-order valence-corrected chi connectivity index (χ0v) is 14.9. The van der Waals surface area contributed by atoms with Crippen molar-refractivity contribution in [2.24, 2.45) is 0 Å². The monoisotopic (exact) mass is 350 g/mol. The van der Waals surface area contributed by atoms with Gasteiger partial charge in [-0.05, 0) is 61.9 Å². The molecule has 134 valence electrons. The number of aromatic amines is 1. The number of H-pyrrole nitrogens is 1. The van der Waals surface area contributed by atoms with Crippen LogP contribution < -0.4 is 5.32 Å². The summed E-state index contributed by atoms with van der Waals surface area (Å²) in [6, 6.07) is 13.3.